The number of aliphatic hydroxyl groups excluding tert-OH is 6. The van der Waals surface area contributed by atoms with Crippen molar-refractivity contribution in [3.05, 3.63) is 60.8 Å². The number of nitrogens with two attached hydrogens (primary N) is 1. The number of aliphatic hydroxyl groups is 7. The Morgan fingerprint density at radius 2 is 1.54 bits per heavy atom. The van der Waals surface area contributed by atoms with Gasteiger partial charge in [0.2, 0.25) is 0 Å². The van der Waals surface area contributed by atoms with Gasteiger partial charge < -0.3 is 65.5 Å². The lowest BCUT2D eigenvalue weighted by Gasteiger charge is -2.45. The van der Waals surface area contributed by atoms with Crippen molar-refractivity contribution in [1.82, 2.24) is 0 Å². The first-order valence-electron chi connectivity index (χ1n) is 16.9. The summed E-state index contributed by atoms with van der Waals surface area (Å²) in [5.74, 6) is -6.09. The van der Waals surface area contributed by atoms with Crippen LogP contribution in [0.25, 0.3) is 0 Å². The number of carbonyl (C=O) groups excluding carboxylic acids is 1. The molecule has 2 bridgehead atoms. The number of hydrogen-bond acceptors (Lipinski definition) is 14. The average Bonchev–Trinajstić information content (AvgIpc) is 3.02. The van der Waals surface area contributed by atoms with Gasteiger partial charge in [0, 0.05) is 37.7 Å². The molecule has 0 spiro atoms. The van der Waals surface area contributed by atoms with Crippen molar-refractivity contribution in [2.45, 2.75) is 132 Å². The predicted molar refractivity (Wildman–Crippen MR) is 178 cm³/mol. The fraction of sp³-hybridized carbons (Fsp3) is 0.657. The molecule has 15 atom stereocenters. The Morgan fingerprint density at radius 3 is 2.18 bits per heavy atom. The lowest BCUT2D eigenvalue weighted by Crippen LogP contribution is -2.61. The first kappa shape index (κ1) is 41.6. The number of allylic oxidation sites excluding steroid dienone is 6. The summed E-state index contributed by atoms with van der Waals surface area (Å²) in [6.07, 6.45) is 0.278. The van der Waals surface area contributed by atoms with Crippen LogP contribution in [0.15, 0.2) is 60.8 Å². The molecule has 2 fully saturated rings. The number of aliphatic carboxylic acids is 1. The topological polar surface area (TPSA) is 259 Å². The van der Waals surface area contributed by atoms with Crippen molar-refractivity contribution in [3.8, 4) is 0 Å². The van der Waals surface area contributed by atoms with Gasteiger partial charge in [0.25, 0.3) is 0 Å². The summed E-state index contributed by atoms with van der Waals surface area (Å²) in [4.78, 5) is 24.7. The number of ether oxygens (including phenoxy) is 4. The van der Waals surface area contributed by atoms with Gasteiger partial charge in [0.15, 0.2) is 12.1 Å². The number of cyclic esters (lactones) is 1. The van der Waals surface area contributed by atoms with Gasteiger partial charge in [-0.2, -0.15) is 0 Å². The third-order valence-corrected chi connectivity index (χ3v) is 9.18. The first-order valence-corrected chi connectivity index (χ1v) is 16.9. The molecule has 3 rings (SSSR count). The van der Waals surface area contributed by atoms with Crippen LogP contribution >= 0.6 is 0 Å². The molecule has 0 aliphatic carbocycles. The van der Waals surface area contributed by atoms with Crippen molar-refractivity contribution in [3.63, 3.8) is 0 Å². The minimum Gasteiger partial charge on any atom is -0.481 e. The van der Waals surface area contributed by atoms with E-state index in [9.17, 15) is 50.4 Å². The monoisotopic (exact) mass is 711 g/mol. The molecule has 3 aliphatic rings. The summed E-state index contributed by atoms with van der Waals surface area (Å²) in [7, 11) is 0. The number of fused-ring (bicyclic) bond motifs is 2. The Labute approximate surface area is 291 Å². The smallest absolute Gasteiger partial charge is 0.330 e. The highest BCUT2D eigenvalue weighted by atomic mass is 16.7. The molecule has 0 radical (unpaired) electrons. The molecule has 0 aromatic rings. The van der Waals surface area contributed by atoms with Crippen molar-refractivity contribution in [2.75, 3.05) is 0 Å². The van der Waals surface area contributed by atoms with Crippen LogP contribution < -0.4 is 5.73 Å². The number of esters is 1. The molecule has 3 heterocycles. The molecule has 15 nitrogen and oxygen atoms in total. The summed E-state index contributed by atoms with van der Waals surface area (Å²) in [6, 6.07) is -1.11. The summed E-state index contributed by atoms with van der Waals surface area (Å²) in [5, 5.41) is 84.9. The minimum atomic E-state index is -2.27. The highest BCUT2D eigenvalue weighted by molar-refractivity contribution is 5.82. The number of rotatable bonds is 4. The number of hydrogen-bond donors (Lipinski definition) is 9. The highest BCUT2D eigenvalue weighted by Gasteiger charge is 2.51. The molecule has 0 aromatic heterocycles. The first-order chi connectivity index (χ1) is 23.5. The largest absolute Gasteiger partial charge is 0.481 e. The van der Waals surface area contributed by atoms with E-state index < -0.39 is 116 Å². The molecule has 0 aromatic carbocycles. The molecule has 0 unspecified atom stereocenters. The van der Waals surface area contributed by atoms with Gasteiger partial charge in [-0.05, 0) is 26.3 Å². The molecule has 2 saturated heterocycles. The molecule has 50 heavy (non-hydrogen) atoms. The molecule has 0 saturated carbocycles. The zero-order valence-electron chi connectivity index (χ0n) is 28.5. The van der Waals surface area contributed by atoms with Gasteiger partial charge in [-0.15, -0.1) is 0 Å². The Kier molecular flexibility index (Phi) is 15.9. The second kappa shape index (κ2) is 19.2. The number of carbonyl (C=O) groups is 2. The normalized spacial score (nSPS) is 46.0. The minimum absolute atomic E-state index is 0.120. The highest BCUT2D eigenvalue weighted by Crippen LogP contribution is 2.38. The maximum atomic E-state index is 12.4. The van der Waals surface area contributed by atoms with Crippen molar-refractivity contribution in [2.24, 2.45) is 17.6 Å². The molecule has 0 amide bonds. The van der Waals surface area contributed by atoms with Gasteiger partial charge in [0.1, 0.15) is 18.1 Å². The standard InChI is InChI=1S/C35H53NO14/c1-4-21-11-9-7-5-6-8-10-12-23(49-34-32(43)30(36)31(42)20(3)48-34)16-27-29(33(44)45)26(40)18-35(46,50-27)17-22(37)15-25(39)24(38)13-14-28(41)47-19(21)2/h5-14,19-27,29-32,34,37-40,42-43,46H,4,15-18,36H2,1-3H3,(H,44,45)/b7-5+,8-6+,11-9+,12-10+,14-13+/t19-,20+,21-,22+,23+,24-,25-,26+,27+,29-,30-,31+,32-,34-,35-/m0/s1. The van der Waals surface area contributed by atoms with E-state index in [1.165, 1.54) is 6.08 Å². The van der Waals surface area contributed by atoms with Gasteiger partial charge in [-0.25, -0.2) is 4.79 Å². The second-order valence-corrected chi connectivity index (χ2v) is 13.2. The number of carboxylic acid groups (broad SMARTS) is 1. The summed E-state index contributed by atoms with van der Waals surface area (Å²) in [5.41, 5.74) is 5.97. The van der Waals surface area contributed by atoms with Crippen LogP contribution in [0, 0.1) is 11.8 Å². The van der Waals surface area contributed by atoms with Gasteiger partial charge in [-0.1, -0.05) is 55.5 Å². The van der Waals surface area contributed by atoms with Crippen molar-refractivity contribution < 1.29 is 69.4 Å². The van der Waals surface area contributed by atoms with Crippen LogP contribution in [0.2, 0.25) is 0 Å². The third kappa shape index (κ3) is 11.9. The van der Waals surface area contributed by atoms with E-state index in [2.05, 4.69) is 0 Å². The van der Waals surface area contributed by atoms with Crippen LogP contribution in [0.1, 0.15) is 52.9 Å². The summed E-state index contributed by atoms with van der Waals surface area (Å²) < 4.78 is 23.0. The summed E-state index contributed by atoms with van der Waals surface area (Å²) >= 11 is 0. The fourth-order valence-electron chi connectivity index (χ4n) is 6.28. The van der Waals surface area contributed by atoms with Crippen LogP contribution in [0.5, 0.6) is 0 Å². The summed E-state index contributed by atoms with van der Waals surface area (Å²) in [6.45, 7) is 5.21. The predicted octanol–water partition coefficient (Wildman–Crippen LogP) is -0.290. The van der Waals surface area contributed by atoms with E-state index in [0.29, 0.717) is 6.42 Å². The van der Waals surface area contributed by atoms with E-state index in [1.54, 1.807) is 50.3 Å². The number of carboxylic acids is 1. The lowest BCUT2D eigenvalue weighted by molar-refractivity contribution is -0.308. The molecule has 3 aliphatic heterocycles. The maximum Gasteiger partial charge on any atom is 0.330 e. The molecule has 282 valence electrons. The molecule has 10 N–H and O–H groups in total. The van der Waals surface area contributed by atoms with Gasteiger partial charge in [-0.3, -0.25) is 4.79 Å². The van der Waals surface area contributed by atoms with E-state index in [4.69, 9.17) is 24.7 Å². The van der Waals surface area contributed by atoms with E-state index in [0.717, 1.165) is 12.2 Å². The van der Waals surface area contributed by atoms with Crippen LogP contribution in [-0.2, 0) is 28.5 Å². The molecular weight excluding hydrogens is 658 g/mol. The van der Waals surface area contributed by atoms with E-state index >= 15 is 0 Å². The molecular formula is C35H53NO14. The van der Waals surface area contributed by atoms with Crippen LogP contribution in [0.4, 0.5) is 0 Å². The SMILES string of the molecule is CC[C@H]1/C=C/C=C/C=C/C=C/[C@@H](O[C@@H]2O[C@H](C)[C@@H](O)[C@H](N)[C@@H]2O)C[C@H]2O[C@@](O)(C[C@H](O)C[C@H](O)[C@@H](O)/C=C/C(=O)O[C@H]1C)C[C@@H](O)[C@@H]2C(=O)O. The molecule has 15 heteroatoms. The van der Waals surface area contributed by atoms with Crippen molar-refractivity contribution >= 4 is 11.9 Å². The lowest BCUT2D eigenvalue weighted by atomic mass is 9.82. The quantitative estimate of drug-likeness (QED) is 0.170. The van der Waals surface area contributed by atoms with Crippen molar-refractivity contribution in [1.29, 1.82) is 0 Å². The third-order valence-electron chi connectivity index (χ3n) is 9.18. The average molecular weight is 712 g/mol. The Morgan fingerprint density at radius 1 is 0.900 bits per heavy atom. The van der Waals surface area contributed by atoms with Crippen LogP contribution in [0.3, 0.4) is 0 Å². The zero-order chi connectivity index (χ0) is 37.2. The Hall–Kier alpha value is -2.80. The Bertz CT molecular complexity index is 1250. The zero-order valence-corrected chi connectivity index (χ0v) is 28.5. The van der Waals surface area contributed by atoms with Gasteiger partial charge >= 0.3 is 11.9 Å². The van der Waals surface area contributed by atoms with Crippen LogP contribution in [-0.4, -0.2) is 132 Å². The maximum absolute atomic E-state index is 12.4. The van der Waals surface area contributed by atoms with Gasteiger partial charge in [0.05, 0.1) is 54.9 Å². The Balaban J connectivity index is 1.95. The van der Waals surface area contributed by atoms with E-state index in [-0.39, 0.29) is 12.3 Å². The van der Waals surface area contributed by atoms with E-state index in [1.807, 2.05) is 13.0 Å². The second-order valence-electron chi connectivity index (χ2n) is 13.2. The fourth-order valence-corrected chi connectivity index (χ4v) is 6.28.